The monoisotopic (exact) mass is 635 g/mol. The summed E-state index contributed by atoms with van der Waals surface area (Å²) in [7, 11) is 0. The van der Waals surface area contributed by atoms with Crippen LogP contribution in [-0.2, 0) is 6.54 Å². The summed E-state index contributed by atoms with van der Waals surface area (Å²) in [4.78, 5) is 9.48. The first-order valence-corrected chi connectivity index (χ1v) is 13.7. The van der Waals surface area contributed by atoms with Crippen molar-refractivity contribution in [2.45, 2.75) is 58.1 Å². The molecule has 0 radical (unpaired) electrons. The zero-order chi connectivity index (χ0) is 27.4. The largest absolute Gasteiger partial charge is 0.573 e. The maximum Gasteiger partial charge on any atom is 0.573 e. The molecular formula is C29H30BrClF3N5O. The van der Waals surface area contributed by atoms with Crippen LogP contribution in [0.3, 0.4) is 0 Å². The summed E-state index contributed by atoms with van der Waals surface area (Å²) in [5.74, 6) is 1.05. The van der Waals surface area contributed by atoms with Crippen LogP contribution in [0.25, 0.3) is 10.9 Å². The Balaban J connectivity index is 0.00000370. The minimum Gasteiger partial charge on any atom is -0.405 e. The third-order valence-corrected chi connectivity index (χ3v) is 7.35. The second-order valence-corrected chi connectivity index (χ2v) is 10.8. The predicted molar refractivity (Wildman–Crippen MR) is 158 cm³/mol. The van der Waals surface area contributed by atoms with Crippen LogP contribution in [0.4, 0.5) is 30.6 Å². The molecule has 11 heteroatoms. The molecule has 1 saturated carbocycles. The van der Waals surface area contributed by atoms with Crippen molar-refractivity contribution in [2.75, 3.05) is 10.6 Å². The predicted octanol–water partition coefficient (Wildman–Crippen LogP) is 8.84. The number of ether oxygens (including phenoxy) is 1. The van der Waals surface area contributed by atoms with Crippen molar-refractivity contribution in [3.63, 3.8) is 0 Å². The Morgan fingerprint density at radius 1 is 0.925 bits per heavy atom. The van der Waals surface area contributed by atoms with Crippen molar-refractivity contribution in [1.82, 2.24) is 15.3 Å². The van der Waals surface area contributed by atoms with Gasteiger partial charge in [0.1, 0.15) is 11.6 Å². The molecule has 1 heterocycles. The highest BCUT2D eigenvalue weighted by molar-refractivity contribution is 9.10. The highest BCUT2D eigenvalue weighted by atomic mass is 79.9. The van der Waals surface area contributed by atoms with Gasteiger partial charge in [-0.25, -0.2) is 4.98 Å². The van der Waals surface area contributed by atoms with E-state index < -0.39 is 6.36 Å². The van der Waals surface area contributed by atoms with E-state index in [1.54, 1.807) is 12.1 Å². The van der Waals surface area contributed by atoms with E-state index in [-0.39, 0.29) is 31.8 Å². The Morgan fingerprint density at radius 3 is 2.35 bits per heavy atom. The molecule has 0 atom stereocenters. The molecule has 1 aromatic heterocycles. The second kappa shape index (κ2) is 13.1. The lowest BCUT2D eigenvalue weighted by Crippen LogP contribution is -2.37. The van der Waals surface area contributed by atoms with Crippen molar-refractivity contribution < 1.29 is 17.9 Å². The fourth-order valence-corrected chi connectivity index (χ4v) is 5.15. The average Bonchev–Trinajstić information content (AvgIpc) is 2.89. The van der Waals surface area contributed by atoms with Crippen LogP contribution in [0.5, 0.6) is 5.75 Å². The van der Waals surface area contributed by atoms with Gasteiger partial charge in [-0.15, -0.1) is 13.2 Å². The summed E-state index contributed by atoms with van der Waals surface area (Å²) < 4.78 is 43.2. The van der Waals surface area contributed by atoms with E-state index in [2.05, 4.69) is 36.6 Å². The first-order chi connectivity index (χ1) is 18.7. The molecular weight excluding hydrogens is 607 g/mol. The number of hydrogen-bond acceptors (Lipinski definition) is 6. The number of anilines is 3. The van der Waals surface area contributed by atoms with Gasteiger partial charge in [0.15, 0.2) is 0 Å². The third-order valence-electron chi connectivity index (χ3n) is 6.61. The molecule has 1 aliphatic rings. The first kappa shape index (κ1) is 29.9. The van der Waals surface area contributed by atoms with E-state index in [4.69, 9.17) is 21.6 Å². The van der Waals surface area contributed by atoms with E-state index in [9.17, 15) is 13.2 Å². The van der Waals surface area contributed by atoms with Crippen LogP contribution in [0.15, 0.2) is 71.2 Å². The molecule has 4 aromatic rings. The molecule has 3 N–H and O–H groups in total. The van der Waals surface area contributed by atoms with Crippen molar-refractivity contribution in [3.8, 4) is 5.75 Å². The molecule has 0 spiro atoms. The van der Waals surface area contributed by atoms with Crippen molar-refractivity contribution in [2.24, 2.45) is 0 Å². The number of nitrogens with one attached hydrogen (secondary N) is 3. The van der Waals surface area contributed by atoms with Gasteiger partial charge in [0, 0.05) is 44.8 Å². The highest BCUT2D eigenvalue weighted by Gasteiger charge is 2.32. The normalized spacial score (nSPS) is 17.2. The van der Waals surface area contributed by atoms with E-state index in [1.165, 1.54) is 6.07 Å². The minimum absolute atomic E-state index is 0. The Bertz CT molecular complexity index is 1430. The molecule has 0 aliphatic heterocycles. The van der Waals surface area contributed by atoms with Gasteiger partial charge in [-0.3, -0.25) is 0 Å². The van der Waals surface area contributed by atoms with Crippen molar-refractivity contribution >= 4 is 55.9 Å². The van der Waals surface area contributed by atoms with Gasteiger partial charge in [-0.05, 0) is 74.2 Å². The molecule has 3 aromatic carbocycles. The van der Waals surface area contributed by atoms with Crippen LogP contribution < -0.4 is 20.7 Å². The van der Waals surface area contributed by atoms with Gasteiger partial charge < -0.3 is 20.7 Å². The van der Waals surface area contributed by atoms with E-state index in [0.29, 0.717) is 26.8 Å². The molecule has 0 bridgehead atoms. The molecule has 212 valence electrons. The summed E-state index contributed by atoms with van der Waals surface area (Å²) in [6.07, 6.45) is -1.26. The number of rotatable bonds is 8. The smallest absolute Gasteiger partial charge is 0.405 e. The van der Waals surface area contributed by atoms with Gasteiger partial charge in [-0.2, -0.15) is 4.98 Å². The number of halogens is 5. The Kier molecular flexibility index (Phi) is 9.76. The summed E-state index contributed by atoms with van der Waals surface area (Å²) in [6, 6.07) is 20.3. The maximum atomic E-state index is 12.8. The molecule has 0 saturated heterocycles. The SMILES string of the molecule is C.FC(F)(F)Oc1cc(Br)ccc1CNC1CCC(Nc2nc(Nc3ccc(Cl)cc3)c3ccccc3n2)CC1. The summed E-state index contributed by atoms with van der Waals surface area (Å²) in [6.45, 7) is 0.287. The zero-order valence-corrected chi connectivity index (χ0v) is 23.1. The fraction of sp³-hybridized carbons (Fsp3) is 0.310. The van der Waals surface area contributed by atoms with Crippen LogP contribution in [0.2, 0.25) is 5.02 Å². The lowest BCUT2D eigenvalue weighted by Gasteiger charge is -2.30. The van der Waals surface area contributed by atoms with Gasteiger partial charge in [0.25, 0.3) is 0 Å². The molecule has 1 aliphatic carbocycles. The third kappa shape index (κ3) is 7.99. The van der Waals surface area contributed by atoms with Gasteiger partial charge in [0.2, 0.25) is 5.95 Å². The van der Waals surface area contributed by atoms with Crippen LogP contribution >= 0.6 is 27.5 Å². The first-order valence-electron chi connectivity index (χ1n) is 12.6. The van der Waals surface area contributed by atoms with Crippen LogP contribution in [0, 0.1) is 0 Å². The lowest BCUT2D eigenvalue weighted by molar-refractivity contribution is -0.274. The molecule has 0 amide bonds. The maximum absolute atomic E-state index is 12.8. The second-order valence-electron chi connectivity index (χ2n) is 9.42. The summed E-state index contributed by atoms with van der Waals surface area (Å²) >= 11 is 9.23. The Morgan fingerprint density at radius 2 is 1.62 bits per heavy atom. The number of para-hydroxylation sites is 1. The van der Waals surface area contributed by atoms with Gasteiger partial charge >= 0.3 is 6.36 Å². The minimum atomic E-state index is -4.74. The highest BCUT2D eigenvalue weighted by Crippen LogP contribution is 2.31. The number of hydrogen-bond donors (Lipinski definition) is 3. The Hall–Kier alpha value is -3.08. The fourth-order valence-electron chi connectivity index (χ4n) is 4.68. The van der Waals surface area contributed by atoms with E-state index in [0.717, 1.165) is 42.3 Å². The quantitative estimate of drug-likeness (QED) is 0.180. The van der Waals surface area contributed by atoms with Crippen molar-refractivity contribution in [1.29, 1.82) is 0 Å². The molecule has 5 rings (SSSR count). The lowest BCUT2D eigenvalue weighted by atomic mass is 9.91. The average molecular weight is 637 g/mol. The van der Waals surface area contributed by atoms with Crippen LogP contribution in [-0.4, -0.2) is 28.4 Å². The summed E-state index contributed by atoms with van der Waals surface area (Å²) in [5.41, 5.74) is 2.16. The standard InChI is InChI=1S/C28H26BrClF3N5O.CH4/c29-18-6-5-17(25(15-18)39-28(31,32)33)16-34-20-11-13-22(14-12-20)36-27-37-24-4-2-1-3-23(24)26(38-27)35-21-9-7-19(30)8-10-21;/h1-10,15,20,22,34H,11-14,16H2,(H2,35,36,37,38);1H4. The van der Waals surface area contributed by atoms with E-state index >= 15 is 0 Å². The number of alkyl halides is 3. The summed E-state index contributed by atoms with van der Waals surface area (Å²) in [5, 5.41) is 11.8. The molecule has 1 fully saturated rings. The Labute approximate surface area is 244 Å². The molecule has 6 nitrogen and oxygen atoms in total. The zero-order valence-electron chi connectivity index (χ0n) is 20.7. The number of fused-ring (bicyclic) bond motifs is 1. The number of nitrogens with zero attached hydrogens (tertiary/aromatic N) is 2. The molecule has 40 heavy (non-hydrogen) atoms. The van der Waals surface area contributed by atoms with E-state index in [1.807, 2.05) is 48.5 Å². The topological polar surface area (TPSA) is 71.1 Å². The van der Waals surface area contributed by atoms with Crippen LogP contribution in [0.1, 0.15) is 38.7 Å². The number of benzene rings is 3. The van der Waals surface area contributed by atoms with Gasteiger partial charge in [-0.1, -0.05) is 53.2 Å². The number of aromatic nitrogens is 2. The van der Waals surface area contributed by atoms with Gasteiger partial charge in [0.05, 0.1) is 5.52 Å². The molecule has 0 unspecified atom stereocenters. The van der Waals surface area contributed by atoms with Crippen molar-refractivity contribution in [3.05, 3.63) is 81.8 Å².